The molecule has 3 N–H and O–H groups in total. The molecule has 0 spiro atoms. The van der Waals surface area contributed by atoms with Crippen molar-refractivity contribution in [3.63, 3.8) is 0 Å². The average Bonchev–Trinajstić information content (AvgIpc) is 2.84. The van der Waals surface area contributed by atoms with Gasteiger partial charge in [-0.25, -0.2) is 4.79 Å². The van der Waals surface area contributed by atoms with Crippen molar-refractivity contribution in [3.8, 4) is 0 Å². The highest BCUT2D eigenvalue weighted by Gasteiger charge is 2.30. The summed E-state index contributed by atoms with van der Waals surface area (Å²) in [5.74, 6) is -1.09. The molecule has 0 bridgehead atoms. The number of carbonyl (C=O) groups is 2. The minimum Gasteiger partial charge on any atom is -0.481 e. The van der Waals surface area contributed by atoms with Gasteiger partial charge in [0.25, 0.3) is 0 Å². The van der Waals surface area contributed by atoms with Crippen molar-refractivity contribution in [1.29, 1.82) is 0 Å². The number of hydrogen-bond acceptors (Lipinski definition) is 4. The maximum atomic E-state index is 12.2. The topological polar surface area (TPSA) is 89.9 Å². The summed E-state index contributed by atoms with van der Waals surface area (Å²) in [5.41, 5.74) is -0.285. The molecule has 6 nitrogen and oxygen atoms in total. The normalized spacial score (nSPS) is 20.5. The van der Waals surface area contributed by atoms with E-state index in [1.165, 1.54) is 17.4 Å². The van der Waals surface area contributed by atoms with Crippen molar-refractivity contribution in [1.82, 2.24) is 10.2 Å². The Kier molecular flexibility index (Phi) is 4.53. The largest absolute Gasteiger partial charge is 0.481 e. The Morgan fingerprint density at radius 3 is 2.95 bits per heavy atom. The number of hydrogen-bond donors (Lipinski definition) is 3. The second-order valence-electron chi connectivity index (χ2n) is 5.64. The van der Waals surface area contributed by atoms with Crippen molar-refractivity contribution < 1.29 is 19.8 Å². The summed E-state index contributed by atoms with van der Waals surface area (Å²) in [6.45, 7) is 3.91. The molecule has 21 heavy (non-hydrogen) atoms. The van der Waals surface area contributed by atoms with Crippen molar-refractivity contribution in [2.24, 2.45) is 0 Å². The summed E-state index contributed by atoms with van der Waals surface area (Å²) in [4.78, 5) is 25.9. The number of aliphatic hydroxyl groups is 1. The molecule has 7 heteroatoms. The van der Waals surface area contributed by atoms with Crippen LogP contribution in [0.3, 0.4) is 0 Å². The van der Waals surface area contributed by atoms with Crippen LogP contribution in [0.25, 0.3) is 0 Å². The summed E-state index contributed by atoms with van der Waals surface area (Å²) >= 11 is 1.70. The van der Waals surface area contributed by atoms with E-state index < -0.39 is 18.0 Å². The number of rotatable bonds is 4. The lowest BCUT2D eigenvalue weighted by Crippen LogP contribution is -2.49. The number of carboxylic acid groups (broad SMARTS) is 1. The molecule has 2 atom stereocenters. The van der Waals surface area contributed by atoms with Gasteiger partial charge in [0.05, 0.1) is 18.1 Å². The van der Waals surface area contributed by atoms with Gasteiger partial charge in [-0.1, -0.05) is 0 Å². The Balaban J connectivity index is 1.94. The van der Waals surface area contributed by atoms with E-state index in [1.54, 1.807) is 16.2 Å². The van der Waals surface area contributed by atoms with E-state index >= 15 is 0 Å². The predicted octanol–water partition coefficient (Wildman–Crippen LogP) is 1.60. The van der Waals surface area contributed by atoms with Gasteiger partial charge in [-0.2, -0.15) is 0 Å². The third-order valence-electron chi connectivity index (χ3n) is 3.69. The highest BCUT2D eigenvalue weighted by molar-refractivity contribution is 7.10. The maximum Gasteiger partial charge on any atom is 0.318 e. The van der Waals surface area contributed by atoms with Gasteiger partial charge in [0, 0.05) is 18.0 Å². The number of amides is 2. The monoisotopic (exact) mass is 312 g/mol. The Morgan fingerprint density at radius 2 is 2.29 bits per heavy atom. The minimum absolute atomic E-state index is 0.00979. The Bertz CT molecular complexity index is 541. The van der Waals surface area contributed by atoms with E-state index in [0.717, 1.165) is 6.42 Å². The summed E-state index contributed by atoms with van der Waals surface area (Å²) < 4.78 is 0. The Labute approximate surface area is 127 Å². The van der Waals surface area contributed by atoms with Crippen LogP contribution in [0.2, 0.25) is 0 Å². The first-order chi connectivity index (χ1) is 9.80. The summed E-state index contributed by atoms with van der Waals surface area (Å²) in [5, 5.41) is 23.3. The van der Waals surface area contributed by atoms with Crippen LogP contribution >= 0.6 is 11.3 Å². The van der Waals surface area contributed by atoms with Crippen molar-refractivity contribution >= 4 is 23.3 Å². The summed E-state index contributed by atoms with van der Waals surface area (Å²) in [6, 6.07) is 1.75. The minimum atomic E-state index is -1.45. The van der Waals surface area contributed by atoms with Gasteiger partial charge in [-0.3, -0.25) is 4.79 Å². The molecule has 1 aromatic rings. The van der Waals surface area contributed by atoms with Crippen molar-refractivity contribution in [3.05, 3.63) is 21.9 Å². The second kappa shape index (κ2) is 6.03. The molecule has 0 fully saturated rings. The fourth-order valence-electron chi connectivity index (χ4n) is 2.54. The Morgan fingerprint density at radius 1 is 1.57 bits per heavy atom. The maximum absolute atomic E-state index is 12.2. The Hall–Kier alpha value is -1.60. The zero-order valence-electron chi connectivity index (χ0n) is 12.1. The number of urea groups is 1. The first-order valence-corrected chi connectivity index (χ1v) is 7.73. The molecule has 2 unspecified atom stereocenters. The van der Waals surface area contributed by atoms with Crippen LogP contribution in [0.15, 0.2) is 11.4 Å². The number of nitrogens with zero attached hydrogens (tertiary/aromatic N) is 1. The van der Waals surface area contributed by atoms with Crippen LogP contribution < -0.4 is 5.32 Å². The van der Waals surface area contributed by atoms with Crippen LogP contribution in [0.5, 0.6) is 0 Å². The van der Waals surface area contributed by atoms with Gasteiger partial charge in [-0.15, -0.1) is 11.3 Å². The van der Waals surface area contributed by atoms with Crippen molar-refractivity contribution in [2.75, 3.05) is 13.1 Å². The first-order valence-electron chi connectivity index (χ1n) is 6.85. The fraction of sp³-hybridized carbons (Fsp3) is 0.571. The summed E-state index contributed by atoms with van der Waals surface area (Å²) in [7, 11) is 0. The third kappa shape index (κ3) is 3.74. The zero-order valence-corrected chi connectivity index (χ0v) is 12.9. The highest BCUT2D eigenvalue weighted by Crippen LogP contribution is 2.32. The molecule has 116 valence electrons. The fourth-order valence-corrected chi connectivity index (χ4v) is 3.51. The molecular weight excluding hydrogens is 292 g/mol. The van der Waals surface area contributed by atoms with Gasteiger partial charge in [-0.05, 0) is 37.3 Å². The number of carbonyl (C=O) groups excluding carboxylic acids is 1. The number of nitrogens with one attached hydrogen (secondary N) is 1. The second-order valence-corrected chi connectivity index (χ2v) is 6.65. The SMILES string of the molecule is CC1c2ccsc2CCN1C(=O)NCC(C)(O)CC(=O)O. The molecule has 2 amide bonds. The molecule has 0 aliphatic carbocycles. The van der Waals surface area contributed by atoms with Crippen LogP contribution in [-0.4, -0.2) is 45.8 Å². The quantitative estimate of drug-likeness (QED) is 0.788. The van der Waals surface area contributed by atoms with Gasteiger partial charge >= 0.3 is 12.0 Å². The molecule has 1 aromatic heterocycles. The molecule has 1 aliphatic rings. The van der Waals surface area contributed by atoms with Crippen LogP contribution in [0, 0.1) is 0 Å². The van der Waals surface area contributed by atoms with Crippen LogP contribution in [0.1, 0.15) is 36.8 Å². The molecule has 2 rings (SSSR count). The molecule has 2 heterocycles. The zero-order chi connectivity index (χ0) is 15.6. The average molecular weight is 312 g/mol. The van der Waals surface area contributed by atoms with E-state index in [2.05, 4.69) is 5.32 Å². The molecule has 0 saturated heterocycles. The molecule has 0 saturated carbocycles. The third-order valence-corrected chi connectivity index (χ3v) is 4.69. The lowest BCUT2D eigenvalue weighted by molar-refractivity contribution is -0.141. The molecular formula is C14H20N2O4S. The molecule has 0 aromatic carbocycles. The van der Waals surface area contributed by atoms with Gasteiger partial charge in [0.1, 0.15) is 0 Å². The van der Waals surface area contributed by atoms with E-state index in [9.17, 15) is 14.7 Å². The standard InChI is InChI=1S/C14H20N2O4S/c1-9-10-4-6-21-11(10)3-5-16(9)13(19)15-8-14(2,20)7-12(17)18/h4,6,9,20H,3,5,7-8H2,1-2H3,(H,15,19)(H,17,18). The summed E-state index contributed by atoms with van der Waals surface area (Å²) in [6.07, 6.45) is 0.424. The number of aliphatic carboxylic acids is 1. The first kappa shape index (κ1) is 15.8. The van der Waals surface area contributed by atoms with Gasteiger partial charge in [0.15, 0.2) is 0 Å². The van der Waals surface area contributed by atoms with Crippen LogP contribution in [-0.2, 0) is 11.2 Å². The van der Waals surface area contributed by atoms with E-state index in [4.69, 9.17) is 5.11 Å². The van der Waals surface area contributed by atoms with E-state index in [1.807, 2.05) is 18.4 Å². The predicted molar refractivity (Wildman–Crippen MR) is 79.4 cm³/mol. The molecule has 0 radical (unpaired) electrons. The lowest BCUT2D eigenvalue weighted by Gasteiger charge is -2.34. The highest BCUT2D eigenvalue weighted by atomic mass is 32.1. The smallest absolute Gasteiger partial charge is 0.318 e. The molecule has 1 aliphatic heterocycles. The lowest BCUT2D eigenvalue weighted by atomic mass is 10.0. The van der Waals surface area contributed by atoms with Crippen molar-refractivity contribution in [2.45, 2.75) is 38.3 Å². The van der Waals surface area contributed by atoms with Gasteiger partial charge in [0.2, 0.25) is 0 Å². The van der Waals surface area contributed by atoms with Crippen LogP contribution in [0.4, 0.5) is 4.79 Å². The number of thiophene rings is 1. The van der Waals surface area contributed by atoms with Gasteiger partial charge < -0.3 is 20.4 Å². The van der Waals surface area contributed by atoms with E-state index in [-0.39, 0.29) is 18.6 Å². The van der Waals surface area contributed by atoms with E-state index in [0.29, 0.717) is 6.54 Å². The number of carboxylic acids is 1. The number of fused-ring (bicyclic) bond motifs is 1.